The minimum atomic E-state index is -0.0949. The maximum absolute atomic E-state index is 12.4. The average molecular weight is 326 g/mol. The predicted molar refractivity (Wildman–Crippen MR) is 92.6 cm³/mol. The molecule has 0 aliphatic carbocycles. The number of carbonyl (C=O) groups is 1. The molecular weight excluding hydrogens is 304 g/mol. The number of para-hydroxylation sites is 1. The van der Waals surface area contributed by atoms with Gasteiger partial charge in [-0.2, -0.15) is 0 Å². The van der Waals surface area contributed by atoms with Gasteiger partial charge in [0, 0.05) is 18.8 Å². The van der Waals surface area contributed by atoms with Crippen molar-refractivity contribution >= 4 is 17.4 Å². The van der Waals surface area contributed by atoms with Crippen LogP contribution in [0.5, 0.6) is 0 Å². The highest BCUT2D eigenvalue weighted by Gasteiger charge is 2.19. The van der Waals surface area contributed by atoms with Crippen molar-refractivity contribution in [3.8, 4) is 0 Å². The second-order valence-corrected chi connectivity index (χ2v) is 5.78. The molecule has 2 heterocycles. The van der Waals surface area contributed by atoms with E-state index in [9.17, 15) is 4.79 Å². The van der Waals surface area contributed by atoms with Crippen LogP contribution in [0.3, 0.4) is 0 Å². The molecule has 0 unspecified atom stereocenters. The van der Waals surface area contributed by atoms with Crippen molar-refractivity contribution in [3.05, 3.63) is 47.4 Å². The molecule has 1 fully saturated rings. The van der Waals surface area contributed by atoms with Crippen LogP contribution < -0.4 is 5.32 Å². The van der Waals surface area contributed by atoms with Gasteiger partial charge in [0.15, 0.2) is 0 Å². The first-order chi connectivity index (χ1) is 11.7. The van der Waals surface area contributed by atoms with E-state index in [0.717, 1.165) is 17.7 Å². The summed E-state index contributed by atoms with van der Waals surface area (Å²) < 4.78 is 5.26. The Labute approximate surface area is 141 Å². The molecule has 0 bridgehead atoms. The van der Waals surface area contributed by atoms with Crippen LogP contribution in [0.4, 0.5) is 11.5 Å². The summed E-state index contributed by atoms with van der Waals surface area (Å²) in [4.78, 5) is 22.8. The number of rotatable bonds is 4. The Morgan fingerprint density at radius 3 is 2.71 bits per heavy atom. The van der Waals surface area contributed by atoms with E-state index in [0.29, 0.717) is 37.8 Å². The summed E-state index contributed by atoms with van der Waals surface area (Å²) in [6, 6.07) is 6.21. The SMILES string of the molecule is CCc1cccc(C)c1Nc1cnc(C(=O)N2CCOCC2)cn1. The first-order valence-electron chi connectivity index (χ1n) is 8.23. The fraction of sp³-hybridized carbons (Fsp3) is 0.389. The zero-order valence-corrected chi connectivity index (χ0v) is 14.1. The lowest BCUT2D eigenvalue weighted by molar-refractivity contribution is 0.0298. The fourth-order valence-electron chi connectivity index (χ4n) is 2.76. The fourth-order valence-corrected chi connectivity index (χ4v) is 2.76. The van der Waals surface area contributed by atoms with Crippen LogP contribution in [0.1, 0.15) is 28.5 Å². The van der Waals surface area contributed by atoms with Gasteiger partial charge in [-0.25, -0.2) is 9.97 Å². The van der Waals surface area contributed by atoms with Gasteiger partial charge in [0.1, 0.15) is 11.5 Å². The predicted octanol–water partition coefficient (Wildman–Crippen LogP) is 2.56. The molecule has 3 rings (SSSR count). The molecule has 6 heteroatoms. The van der Waals surface area contributed by atoms with E-state index in [2.05, 4.69) is 47.3 Å². The number of morpholine rings is 1. The number of nitrogens with zero attached hydrogens (tertiary/aromatic N) is 3. The highest BCUT2D eigenvalue weighted by Crippen LogP contribution is 2.24. The van der Waals surface area contributed by atoms with Gasteiger partial charge in [0.2, 0.25) is 0 Å². The number of anilines is 2. The molecule has 6 nitrogen and oxygen atoms in total. The van der Waals surface area contributed by atoms with Crippen LogP contribution in [-0.4, -0.2) is 47.1 Å². The van der Waals surface area contributed by atoms with Gasteiger partial charge in [-0.05, 0) is 24.5 Å². The summed E-state index contributed by atoms with van der Waals surface area (Å²) in [6.45, 7) is 6.53. The van der Waals surface area contributed by atoms with Crippen molar-refractivity contribution in [3.63, 3.8) is 0 Å². The lowest BCUT2D eigenvalue weighted by atomic mass is 10.1. The number of aromatic nitrogens is 2. The summed E-state index contributed by atoms with van der Waals surface area (Å²) in [5, 5.41) is 3.32. The van der Waals surface area contributed by atoms with E-state index in [1.54, 1.807) is 11.1 Å². The molecule has 1 aliphatic heterocycles. The standard InChI is InChI=1S/C18H22N4O2/c1-3-14-6-4-5-13(2)17(14)21-16-12-19-15(11-20-16)18(23)22-7-9-24-10-8-22/h4-6,11-12H,3,7-10H2,1-2H3,(H,20,21). The normalized spacial score (nSPS) is 14.5. The van der Waals surface area contributed by atoms with E-state index in [4.69, 9.17) is 4.74 Å². The molecule has 1 aromatic heterocycles. The second kappa shape index (κ2) is 7.40. The molecule has 24 heavy (non-hydrogen) atoms. The number of ether oxygens (including phenoxy) is 1. The molecule has 2 aromatic rings. The van der Waals surface area contributed by atoms with Gasteiger partial charge in [0.25, 0.3) is 5.91 Å². The van der Waals surface area contributed by atoms with E-state index in [-0.39, 0.29) is 5.91 Å². The van der Waals surface area contributed by atoms with Crippen molar-refractivity contribution in [1.82, 2.24) is 14.9 Å². The van der Waals surface area contributed by atoms with Crippen molar-refractivity contribution in [2.45, 2.75) is 20.3 Å². The molecule has 0 atom stereocenters. The largest absolute Gasteiger partial charge is 0.378 e. The first kappa shape index (κ1) is 16.4. The summed E-state index contributed by atoms with van der Waals surface area (Å²) in [5.74, 6) is 0.542. The smallest absolute Gasteiger partial charge is 0.274 e. The Hall–Kier alpha value is -2.47. The summed E-state index contributed by atoms with van der Waals surface area (Å²) in [5.41, 5.74) is 3.80. The van der Waals surface area contributed by atoms with Gasteiger partial charge in [-0.3, -0.25) is 4.79 Å². The molecule has 126 valence electrons. The molecule has 1 N–H and O–H groups in total. The number of nitrogens with one attached hydrogen (secondary N) is 1. The quantitative estimate of drug-likeness (QED) is 0.935. The van der Waals surface area contributed by atoms with Gasteiger partial charge in [-0.15, -0.1) is 0 Å². The molecule has 0 saturated carbocycles. The van der Waals surface area contributed by atoms with Crippen LogP contribution in [0, 0.1) is 6.92 Å². The molecule has 0 radical (unpaired) electrons. The van der Waals surface area contributed by atoms with Crippen molar-refractivity contribution in [2.75, 3.05) is 31.6 Å². The molecule has 1 amide bonds. The third-order valence-electron chi connectivity index (χ3n) is 4.16. The van der Waals surface area contributed by atoms with Crippen molar-refractivity contribution in [2.24, 2.45) is 0 Å². The minimum Gasteiger partial charge on any atom is -0.378 e. The van der Waals surface area contributed by atoms with Gasteiger partial charge < -0.3 is 15.0 Å². The van der Waals surface area contributed by atoms with E-state index in [1.807, 2.05) is 0 Å². The third-order valence-corrected chi connectivity index (χ3v) is 4.16. The first-order valence-corrected chi connectivity index (χ1v) is 8.23. The second-order valence-electron chi connectivity index (χ2n) is 5.78. The molecule has 1 saturated heterocycles. The Bertz CT molecular complexity index is 709. The number of hydrogen-bond donors (Lipinski definition) is 1. The van der Waals surface area contributed by atoms with Crippen molar-refractivity contribution < 1.29 is 9.53 Å². The Balaban J connectivity index is 1.74. The van der Waals surface area contributed by atoms with Crippen LogP contribution in [0.15, 0.2) is 30.6 Å². The molecule has 1 aliphatic rings. The Morgan fingerprint density at radius 2 is 2.04 bits per heavy atom. The van der Waals surface area contributed by atoms with Crippen molar-refractivity contribution in [1.29, 1.82) is 0 Å². The Kier molecular flexibility index (Phi) is 5.05. The number of hydrogen-bond acceptors (Lipinski definition) is 5. The molecule has 1 aromatic carbocycles. The summed E-state index contributed by atoms with van der Waals surface area (Å²) >= 11 is 0. The zero-order chi connectivity index (χ0) is 16.9. The van der Waals surface area contributed by atoms with Gasteiger partial charge in [-0.1, -0.05) is 25.1 Å². The molecule has 0 spiro atoms. The molecular formula is C18H22N4O2. The maximum atomic E-state index is 12.4. The van der Waals surface area contributed by atoms with Crippen LogP contribution in [0.2, 0.25) is 0 Å². The topological polar surface area (TPSA) is 67.4 Å². The minimum absolute atomic E-state index is 0.0949. The lowest BCUT2D eigenvalue weighted by Gasteiger charge is -2.26. The number of amides is 1. The Morgan fingerprint density at radius 1 is 1.25 bits per heavy atom. The average Bonchev–Trinajstić information content (AvgIpc) is 2.64. The lowest BCUT2D eigenvalue weighted by Crippen LogP contribution is -2.41. The number of aryl methyl sites for hydroxylation is 2. The highest BCUT2D eigenvalue weighted by molar-refractivity contribution is 5.92. The van der Waals surface area contributed by atoms with Crippen LogP contribution in [-0.2, 0) is 11.2 Å². The number of benzene rings is 1. The van der Waals surface area contributed by atoms with Gasteiger partial charge >= 0.3 is 0 Å². The highest BCUT2D eigenvalue weighted by atomic mass is 16.5. The maximum Gasteiger partial charge on any atom is 0.274 e. The monoisotopic (exact) mass is 326 g/mol. The summed E-state index contributed by atoms with van der Waals surface area (Å²) in [6.07, 6.45) is 4.08. The zero-order valence-electron chi connectivity index (χ0n) is 14.1. The van der Waals surface area contributed by atoms with Gasteiger partial charge in [0.05, 0.1) is 25.6 Å². The van der Waals surface area contributed by atoms with Crippen LogP contribution in [0.25, 0.3) is 0 Å². The van der Waals surface area contributed by atoms with E-state index in [1.165, 1.54) is 11.8 Å². The van der Waals surface area contributed by atoms with E-state index < -0.39 is 0 Å². The summed E-state index contributed by atoms with van der Waals surface area (Å²) in [7, 11) is 0. The van der Waals surface area contributed by atoms with E-state index >= 15 is 0 Å². The third kappa shape index (κ3) is 3.54. The van der Waals surface area contributed by atoms with Crippen LogP contribution >= 0.6 is 0 Å². The number of carbonyl (C=O) groups excluding carboxylic acids is 1.